The van der Waals surface area contributed by atoms with Gasteiger partial charge in [-0.05, 0) is 37.7 Å². The Bertz CT molecular complexity index is 446. The molecule has 0 bridgehead atoms. The lowest BCUT2D eigenvalue weighted by Gasteiger charge is -2.18. The van der Waals surface area contributed by atoms with Crippen LogP contribution in [0.25, 0.3) is 0 Å². The number of nitrogen functional groups attached to an aromatic ring is 1. The summed E-state index contributed by atoms with van der Waals surface area (Å²) in [5, 5.41) is 2.69. The first-order valence-corrected chi connectivity index (χ1v) is 6.62. The molecule has 0 aliphatic rings. The van der Waals surface area contributed by atoms with Gasteiger partial charge in [-0.15, -0.1) is 0 Å². The van der Waals surface area contributed by atoms with E-state index in [1.165, 1.54) is 11.9 Å². The Hall–Kier alpha value is -1.76. The van der Waals surface area contributed by atoms with Crippen molar-refractivity contribution in [3.05, 3.63) is 29.8 Å². The minimum atomic E-state index is -4.19. The Labute approximate surface area is 122 Å². The van der Waals surface area contributed by atoms with E-state index in [1.54, 1.807) is 24.3 Å². The molecule has 0 atom stereocenters. The number of benzene rings is 1. The molecule has 21 heavy (non-hydrogen) atoms. The average Bonchev–Trinajstić information content (AvgIpc) is 2.35. The highest BCUT2D eigenvalue weighted by Gasteiger charge is 2.28. The number of anilines is 1. The van der Waals surface area contributed by atoms with Crippen LogP contribution >= 0.6 is 0 Å². The third-order valence-corrected chi connectivity index (χ3v) is 2.83. The van der Waals surface area contributed by atoms with Crippen molar-refractivity contribution in [3.63, 3.8) is 0 Å². The van der Waals surface area contributed by atoms with Crippen LogP contribution in [0.3, 0.4) is 0 Å². The lowest BCUT2D eigenvalue weighted by Crippen LogP contribution is -2.34. The SMILES string of the molecule is CN(CCCNC(=O)Cc1ccc(N)cc1)CC(F)(F)F. The van der Waals surface area contributed by atoms with E-state index < -0.39 is 12.7 Å². The van der Waals surface area contributed by atoms with Gasteiger partial charge in [0.2, 0.25) is 5.91 Å². The second-order valence-electron chi connectivity index (χ2n) is 4.97. The van der Waals surface area contributed by atoms with Crippen molar-refractivity contribution in [2.24, 2.45) is 0 Å². The summed E-state index contributed by atoms with van der Waals surface area (Å²) in [4.78, 5) is 12.8. The largest absolute Gasteiger partial charge is 0.401 e. The van der Waals surface area contributed by atoms with Gasteiger partial charge in [-0.1, -0.05) is 12.1 Å². The van der Waals surface area contributed by atoms with E-state index in [2.05, 4.69) is 5.32 Å². The molecule has 0 radical (unpaired) electrons. The number of alkyl halides is 3. The molecular formula is C14H20F3N3O. The van der Waals surface area contributed by atoms with Crippen molar-refractivity contribution in [3.8, 4) is 0 Å². The fraction of sp³-hybridized carbons (Fsp3) is 0.500. The number of nitrogens with zero attached hydrogens (tertiary/aromatic N) is 1. The van der Waals surface area contributed by atoms with Crippen molar-refractivity contribution >= 4 is 11.6 Å². The molecule has 0 aliphatic carbocycles. The fourth-order valence-electron chi connectivity index (χ4n) is 1.85. The van der Waals surface area contributed by atoms with Crippen LogP contribution in [0.4, 0.5) is 18.9 Å². The molecule has 0 spiro atoms. The fourth-order valence-corrected chi connectivity index (χ4v) is 1.85. The molecule has 0 saturated heterocycles. The summed E-state index contributed by atoms with van der Waals surface area (Å²) >= 11 is 0. The standard InChI is InChI=1S/C14H20F3N3O/c1-20(10-14(15,16)17)8-2-7-19-13(21)9-11-3-5-12(18)6-4-11/h3-6H,2,7-10,18H2,1H3,(H,19,21). The lowest BCUT2D eigenvalue weighted by atomic mass is 10.1. The van der Waals surface area contributed by atoms with Gasteiger partial charge in [0.05, 0.1) is 13.0 Å². The van der Waals surface area contributed by atoms with Crippen molar-refractivity contribution in [1.29, 1.82) is 0 Å². The second-order valence-corrected chi connectivity index (χ2v) is 4.97. The van der Waals surface area contributed by atoms with Gasteiger partial charge >= 0.3 is 6.18 Å². The van der Waals surface area contributed by atoms with E-state index in [0.717, 1.165) is 5.56 Å². The maximum Gasteiger partial charge on any atom is 0.401 e. The van der Waals surface area contributed by atoms with Crippen LogP contribution < -0.4 is 11.1 Å². The molecule has 4 nitrogen and oxygen atoms in total. The molecule has 1 amide bonds. The van der Waals surface area contributed by atoms with Crippen molar-refractivity contribution in [1.82, 2.24) is 10.2 Å². The summed E-state index contributed by atoms with van der Waals surface area (Å²) in [6, 6.07) is 6.97. The lowest BCUT2D eigenvalue weighted by molar-refractivity contribution is -0.143. The monoisotopic (exact) mass is 303 g/mol. The number of nitrogens with two attached hydrogens (primary N) is 1. The molecule has 1 rings (SSSR count). The molecule has 0 heterocycles. The highest BCUT2D eigenvalue weighted by atomic mass is 19.4. The van der Waals surface area contributed by atoms with Gasteiger partial charge in [0, 0.05) is 12.2 Å². The first-order chi connectivity index (χ1) is 9.76. The van der Waals surface area contributed by atoms with Crippen molar-refractivity contribution < 1.29 is 18.0 Å². The van der Waals surface area contributed by atoms with Crippen LogP contribution in [0.2, 0.25) is 0 Å². The van der Waals surface area contributed by atoms with E-state index in [1.807, 2.05) is 0 Å². The van der Waals surface area contributed by atoms with Crippen LogP contribution in [-0.4, -0.2) is 43.7 Å². The third-order valence-electron chi connectivity index (χ3n) is 2.83. The van der Waals surface area contributed by atoms with Gasteiger partial charge in [-0.2, -0.15) is 13.2 Å². The van der Waals surface area contributed by atoms with Gasteiger partial charge in [-0.25, -0.2) is 0 Å². The Morgan fingerprint density at radius 2 is 1.90 bits per heavy atom. The van der Waals surface area contributed by atoms with E-state index in [9.17, 15) is 18.0 Å². The van der Waals surface area contributed by atoms with Crippen molar-refractivity contribution in [2.75, 3.05) is 32.4 Å². The highest BCUT2D eigenvalue weighted by Crippen LogP contribution is 2.15. The predicted molar refractivity (Wildman–Crippen MR) is 75.7 cm³/mol. The Kier molecular flexibility index (Phi) is 6.48. The molecule has 0 aliphatic heterocycles. The maximum atomic E-state index is 12.1. The molecule has 0 fully saturated rings. The summed E-state index contributed by atoms with van der Waals surface area (Å²) < 4.78 is 36.3. The van der Waals surface area contributed by atoms with Gasteiger partial charge in [0.25, 0.3) is 0 Å². The van der Waals surface area contributed by atoms with Crippen LogP contribution in [0.1, 0.15) is 12.0 Å². The van der Waals surface area contributed by atoms with Crippen LogP contribution in [-0.2, 0) is 11.2 Å². The number of halogens is 3. The molecule has 0 aromatic heterocycles. The Balaban J connectivity index is 2.18. The molecule has 1 aromatic carbocycles. The molecular weight excluding hydrogens is 283 g/mol. The number of nitrogens with one attached hydrogen (secondary N) is 1. The second kappa shape index (κ2) is 7.87. The minimum Gasteiger partial charge on any atom is -0.399 e. The Morgan fingerprint density at radius 3 is 2.48 bits per heavy atom. The van der Waals surface area contributed by atoms with E-state index in [4.69, 9.17) is 5.73 Å². The molecule has 0 unspecified atom stereocenters. The van der Waals surface area contributed by atoms with Crippen LogP contribution in [0.5, 0.6) is 0 Å². The van der Waals surface area contributed by atoms with Crippen molar-refractivity contribution in [2.45, 2.75) is 19.0 Å². The zero-order valence-electron chi connectivity index (χ0n) is 11.9. The maximum absolute atomic E-state index is 12.1. The zero-order valence-corrected chi connectivity index (χ0v) is 11.9. The zero-order chi connectivity index (χ0) is 15.9. The van der Waals surface area contributed by atoms with E-state index in [0.29, 0.717) is 18.7 Å². The Morgan fingerprint density at radius 1 is 1.29 bits per heavy atom. The number of carbonyl (C=O) groups is 1. The topological polar surface area (TPSA) is 58.4 Å². The number of hydrogen-bond donors (Lipinski definition) is 2. The van der Waals surface area contributed by atoms with E-state index in [-0.39, 0.29) is 18.9 Å². The van der Waals surface area contributed by atoms with Crippen LogP contribution in [0, 0.1) is 0 Å². The average molecular weight is 303 g/mol. The number of carbonyl (C=O) groups excluding carboxylic acids is 1. The molecule has 118 valence electrons. The molecule has 1 aromatic rings. The third kappa shape index (κ3) is 8.19. The van der Waals surface area contributed by atoms with Gasteiger partial charge < -0.3 is 11.1 Å². The molecule has 0 saturated carbocycles. The van der Waals surface area contributed by atoms with Crippen LogP contribution in [0.15, 0.2) is 24.3 Å². The predicted octanol–water partition coefficient (Wildman–Crippen LogP) is 1.81. The molecule has 7 heteroatoms. The number of rotatable bonds is 7. The summed E-state index contributed by atoms with van der Waals surface area (Å²) in [6.45, 7) is -0.302. The molecule has 3 N–H and O–H groups in total. The first kappa shape index (κ1) is 17.3. The number of amides is 1. The van der Waals surface area contributed by atoms with Gasteiger partial charge in [0.1, 0.15) is 0 Å². The normalized spacial score (nSPS) is 11.7. The van der Waals surface area contributed by atoms with E-state index >= 15 is 0 Å². The smallest absolute Gasteiger partial charge is 0.399 e. The van der Waals surface area contributed by atoms with Gasteiger partial charge in [-0.3, -0.25) is 9.69 Å². The summed E-state index contributed by atoms with van der Waals surface area (Å²) in [5.41, 5.74) is 7.02. The first-order valence-electron chi connectivity index (χ1n) is 6.62. The highest BCUT2D eigenvalue weighted by molar-refractivity contribution is 5.78. The van der Waals surface area contributed by atoms with Gasteiger partial charge in [0.15, 0.2) is 0 Å². The minimum absolute atomic E-state index is 0.154. The summed E-state index contributed by atoms with van der Waals surface area (Å²) in [6.07, 6.45) is -3.48. The summed E-state index contributed by atoms with van der Waals surface area (Å²) in [7, 11) is 1.41. The quantitative estimate of drug-likeness (QED) is 0.596. The number of hydrogen-bond acceptors (Lipinski definition) is 3. The summed E-state index contributed by atoms with van der Waals surface area (Å²) in [5.74, 6) is -0.154.